The minimum Gasteiger partial charge on any atom is -0.370 e. The van der Waals surface area contributed by atoms with Crippen LogP contribution in [0.1, 0.15) is 72.6 Å². The Hall–Kier alpha value is -3.46. The van der Waals surface area contributed by atoms with Crippen molar-refractivity contribution in [3.63, 3.8) is 0 Å². The Balaban J connectivity index is 2.98. The summed E-state index contributed by atoms with van der Waals surface area (Å²) < 4.78 is 0. The third-order valence-corrected chi connectivity index (χ3v) is 7.44. The Morgan fingerprint density at radius 1 is 0.860 bits per heavy atom. The monoisotopic (exact) mass is 610 g/mol. The van der Waals surface area contributed by atoms with Gasteiger partial charge in [-0.2, -0.15) is 0 Å². The van der Waals surface area contributed by atoms with Gasteiger partial charge >= 0.3 is 0 Å². The van der Waals surface area contributed by atoms with Crippen LogP contribution in [0.4, 0.5) is 0 Å². The second kappa shape index (κ2) is 18.9. The number of nitrogens with one attached hydrogen (secondary N) is 4. The van der Waals surface area contributed by atoms with Crippen LogP contribution in [-0.2, 0) is 24.0 Å². The number of amides is 5. The molecule has 0 spiro atoms. The molecule has 1 aliphatic heterocycles. The van der Waals surface area contributed by atoms with E-state index in [-0.39, 0.29) is 29.6 Å². The van der Waals surface area contributed by atoms with Crippen LogP contribution in [0, 0.1) is 11.8 Å². The molecular formula is C28H54N10O5. The molecule has 0 bridgehead atoms. The second-order valence-electron chi connectivity index (χ2n) is 11.7. The molecule has 1 saturated heterocycles. The van der Waals surface area contributed by atoms with E-state index in [1.807, 2.05) is 13.8 Å². The lowest BCUT2D eigenvalue weighted by atomic mass is 10.00. The van der Waals surface area contributed by atoms with Crippen molar-refractivity contribution in [1.82, 2.24) is 26.2 Å². The number of nitrogens with two attached hydrogens (primary N) is 4. The summed E-state index contributed by atoms with van der Waals surface area (Å²) in [5, 5.41) is 10.9. The quantitative estimate of drug-likeness (QED) is 0.0484. The summed E-state index contributed by atoms with van der Waals surface area (Å²) >= 11 is 0. The number of nitrogens with zero attached hydrogens (tertiary/aromatic N) is 2. The number of carbonyl (C=O) groups excluding carboxylic acids is 5. The van der Waals surface area contributed by atoms with Crippen molar-refractivity contribution in [3.05, 3.63) is 0 Å². The minimum absolute atomic E-state index is 0.0360. The molecule has 0 saturated carbocycles. The van der Waals surface area contributed by atoms with E-state index < -0.39 is 47.9 Å². The normalized spacial score (nSPS) is 17.5. The number of carbonyl (C=O) groups is 5. The maximum absolute atomic E-state index is 13.5. The fourth-order valence-electron chi connectivity index (χ4n) is 4.91. The Kier molecular flexibility index (Phi) is 16.6. The summed E-state index contributed by atoms with van der Waals surface area (Å²) in [4.78, 5) is 70.8. The lowest BCUT2D eigenvalue weighted by molar-refractivity contribution is -0.141. The lowest BCUT2D eigenvalue weighted by Gasteiger charge is -2.30. The zero-order chi connectivity index (χ0) is 32.7. The van der Waals surface area contributed by atoms with Crippen LogP contribution < -0.4 is 44.2 Å². The molecule has 15 heteroatoms. The van der Waals surface area contributed by atoms with Gasteiger partial charge in [-0.05, 0) is 63.3 Å². The Morgan fingerprint density at radius 3 is 2.05 bits per heavy atom. The Labute approximate surface area is 255 Å². The molecule has 0 aliphatic carbocycles. The van der Waals surface area contributed by atoms with Gasteiger partial charge in [0, 0.05) is 20.1 Å². The van der Waals surface area contributed by atoms with Crippen LogP contribution in [0.5, 0.6) is 0 Å². The highest BCUT2D eigenvalue weighted by molar-refractivity contribution is 5.96. The van der Waals surface area contributed by atoms with Crippen LogP contribution in [0.25, 0.3) is 0 Å². The van der Waals surface area contributed by atoms with Gasteiger partial charge in [-0.25, -0.2) is 0 Å². The predicted octanol–water partition coefficient (Wildman–Crippen LogP) is -2.00. The first-order valence-corrected chi connectivity index (χ1v) is 15.2. The van der Waals surface area contributed by atoms with E-state index in [9.17, 15) is 24.0 Å². The van der Waals surface area contributed by atoms with E-state index >= 15 is 0 Å². The van der Waals surface area contributed by atoms with E-state index in [0.29, 0.717) is 64.6 Å². The summed E-state index contributed by atoms with van der Waals surface area (Å²) in [7, 11) is 1.49. The molecule has 5 unspecified atom stereocenters. The summed E-state index contributed by atoms with van der Waals surface area (Å²) in [6, 6.07) is -4.28. The van der Waals surface area contributed by atoms with Gasteiger partial charge in [0.15, 0.2) is 5.96 Å². The first kappa shape index (κ1) is 37.6. The molecule has 246 valence electrons. The smallest absolute Gasteiger partial charge is 0.243 e. The van der Waals surface area contributed by atoms with Crippen molar-refractivity contribution in [3.8, 4) is 0 Å². The predicted molar refractivity (Wildman–Crippen MR) is 165 cm³/mol. The van der Waals surface area contributed by atoms with Crippen LogP contribution >= 0.6 is 0 Å². The Bertz CT molecular complexity index is 970. The molecule has 5 atom stereocenters. The fourth-order valence-corrected chi connectivity index (χ4v) is 4.91. The van der Waals surface area contributed by atoms with Gasteiger partial charge in [0.25, 0.3) is 0 Å². The van der Waals surface area contributed by atoms with Gasteiger partial charge < -0.3 is 49.1 Å². The molecule has 1 aliphatic rings. The Morgan fingerprint density at radius 2 is 1.49 bits per heavy atom. The van der Waals surface area contributed by atoms with Crippen molar-refractivity contribution in [2.45, 2.75) is 103 Å². The van der Waals surface area contributed by atoms with Crippen molar-refractivity contribution < 1.29 is 24.0 Å². The van der Waals surface area contributed by atoms with Crippen molar-refractivity contribution in [1.29, 1.82) is 0 Å². The zero-order valence-electron chi connectivity index (χ0n) is 26.4. The first-order chi connectivity index (χ1) is 20.2. The van der Waals surface area contributed by atoms with E-state index in [0.717, 1.165) is 0 Å². The maximum Gasteiger partial charge on any atom is 0.243 e. The van der Waals surface area contributed by atoms with Gasteiger partial charge in [-0.3, -0.25) is 29.0 Å². The van der Waals surface area contributed by atoms with E-state index in [1.54, 1.807) is 13.8 Å². The molecule has 0 aromatic rings. The number of aliphatic imine (C=N–C) groups is 1. The number of unbranched alkanes of at least 4 members (excludes halogenated alkanes) is 1. The summed E-state index contributed by atoms with van der Waals surface area (Å²) in [5.41, 5.74) is 22.4. The zero-order valence-corrected chi connectivity index (χ0v) is 26.4. The number of hydrogen-bond donors (Lipinski definition) is 8. The van der Waals surface area contributed by atoms with Gasteiger partial charge in [0.2, 0.25) is 29.5 Å². The third-order valence-electron chi connectivity index (χ3n) is 7.44. The molecular weight excluding hydrogens is 556 g/mol. The summed E-state index contributed by atoms with van der Waals surface area (Å²) in [6.07, 6.45) is 3.44. The average Bonchev–Trinajstić information content (AvgIpc) is 3.44. The molecule has 43 heavy (non-hydrogen) atoms. The van der Waals surface area contributed by atoms with Crippen LogP contribution in [-0.4, -0.2) is 97.3 Å². The first-order valence-electron chi connectivity index (χ1n) is 15.2. The largest absolute Gasteiger partial charge is 0.370 e. The van der Waals surface area contributed by atoms with E-state index in [4.69, 9.17) is 22.9 Å². The number of likely N-dealkylation sites (N-methyl/N-ethyl adjacent to an activating group) is 1. The molecule has 12 N–H and O–H groups in total. The standard InChI is InChI=1S/C28H54N10O5/c1-16(2)21(25(41)33-5)36-23(39)19(11-6-7-13-29)35-26(42)22(17(3)4)37-24(40)20-12-9-15-38(20)27(43)18(30)10-8-14-34-28(31)32/h16-22H,6-15,29-30H2,1-5H3,(H,33,41)(H,35,42)(H,36,39)(H,37,40)(H4,31,32,34). The van der Waals surface area contributed by atoms with E-state index in [2.05, 4.69) is 26.3 Å². The number of hydrogen-bond acceptors (Lipinski definition) is 8. The number of likely N-dealkylation sites (tertiary alicyclic amines) is 1. The lowest BCUT2D eigenvalue weighted by Crippen LogP contribution is -2.60. The molecule has 0 aromatic heterocycles. The highest BCUT2D eigenvalue weighted by Gasteiger charge is 2.38. The fraction of sp³-hybridized carbons (Fsp3) is 0.786. The number of guanidine groups is 1. The van der Waals surface area contributed by atoms with Crippen LogP contribution in [0.3, 0.4) is 0 Å². The minimum atomic E-state index is -0.969. The van der Waals surface area contributed by atoms with E-state index in [1.165, 1.54) is 11.9 Å². The van der Waals surface area contributed by atoms with Crippen LogP contribution in [0.2, 0.25) is 0 Å². The molecule has 0 radical (unpaired) electrons. The molecule has 0 aromatic carbocycles. The molecule has 15 nitrogen and oxygen atoms in total. The van der Waals surface area contributed by atoms with Gasteiger partial charge in [-0.1, -0.05) is 27.7 Å². The summed E-state index contributed by atoms with van der Waals surface area (Å²) in [6.45, 7) is 8.32. The van der Waals surface area contributed by atoms with Crippen molar-refractivity contribution >= 4 is 35.5 Å². The molecule has 1 rings (SSSR count). The second-order valence-corrected chi connectivity index (χ2v) is 11.7. The third kappa shape index (κ3) is 12.4. The average molecular weight is 611 g/mol. The van der Waals surface area contributed by atoms with Crippen LogP contribution in [0.15, 0.2) is 4.99 Å². The molecule has 1 fully saturated rings. The van der Waals surface area contributed by atoms with Crippen molar-refractivity contribution in [2.24, 2.45) is 39.8 Å². The van der Waals surface area contributed by atoms with Crippen molar-refractivity contribution in [2.75, 3.05) is 26.7 Å². The van der Waals surface area contributed by atoms with Gasteiger partial charge in [0.1, 0.15) is 24.2 Å². The maximum atomic E-state index is 13.5. The van der Waals surface area contributed by atoms with Gasteiger partial charge in [0.05, 0.1) is 6.04 Å². The SMILES string of the molecule is CNC(=O)C(NC(=O)C(CCCCN)NC(=O)C(NC(=O)C1CCCN1C(=O)C(N)CCCN=C(N)N)C(C)C)C(C)C. The van der Waals surface area contributed by atoms with Gasteiger partial charge in [-0.15, -0.1) is 0 Å². The highest BCUT2D eigenvalue weighted by atomic mass is 16.2. The highest BCUT2D eigenvalue weighted by Crippen LogP contribution is 2.20. The molecule has 5 amide bonds. The molecule has 1 heterocycles. The topological polar surface area (TPSA) is 253 Å². The summed E-state index contributed by atoms with van der Waals surface area (Å²) in [5.74, 6) is -2.73. The number of rotatable bonds is 18.